The van der Waals surface area contributed by atoms with Gasteiger partial charge in [0.25, 0.3) is 0 Å². The first kappa shape index (κ1) is 22.8. The minimum absolute atomic E-state index is 0.0768. The van der Waals surface area contributed by atoms with Crippen LogP contribution in [0.25, 0.3) is 0 Å². The Hall–Kier alpha value is -1.45. The zero-order valence-corrected chi connectivity index (χ0v) is 18.6. The average Bonchev–Trinajstić information content (AvgIpc) is 2.72. The smallest absolute Gasteiger partial charge is 0.397 e. The van der Waals surface area contributed by atoms with Crippen LogP contribution in [-0.2, 0) is 19.2 Å². The lowest BCUT2D eigenvalue weighted by molar-refractivity contribution is 0.0498. The van der Waals surface area contributed by atoms with Crippen molar-refractivity contribution < 1.29 is 18.3 Å². The van der Waals surface area contributed by atoms with Gasteiger partial charge in [-0.05, 0) is 36.6 Å². The van der Waals surface area contributed by atoms with Crippen molar-refractivity contribution in [1.29, 1.82) is 0 Å². The molecule has 0 N–H and O–H groups in total. The first-order chi connectivity index (χ1) is 13.5. The molecule has 2 unspecified atom stereocenters. The van der Waals surface area contributed by atoms with Gasteiger partial charge in [0.05, 0.1) is 12.7 Å². The summed E-state index contributed by atoms with van der Waals surface area (Å²) in [5, 5.41) is 0. The molecule has 28 heavy (non-hydrogen) atoms. The Balaban J connectivity index is 1.93. The average molecular weight is 404 g/mol. The third kappa shape index (κ3) is 6.86. The molecule has 0 fully saturated rings. The summed E-state index contributed by atoms with van der Waals surface area (Å²) in [6, 6.07) is 18.7. The number of hydrogen-bond donors (Lipinski definition) is 0. The Morgan fingerprint density at radius 1 is 0.964 bits per heavy atom. The summed E-state index contributed by atoms with van der Waals surface area (Å²) in [6.45, 7) is 9.86. The molecule has 0 heterocycles. The highest BCUT2D eigenvalue weighted by atomic mass is 31.2. The van der Waals surface area contributed by atoms with Crippen molar-refractivity contribution in [2.75, 3.05) is 20.3 Å². The summed E-state index contributed by atoms with van der Waals surface area (Å²) < 4.78 is 22.7. The molecule has 0 radical (unpaired) electrons. The van der Waals surface area contributed by atoms with Gasteiger partial charge in [-0.15, -0.1) is 0 Å². The van der Waals surface area contributed by atoms with Gasteiger partial charge >= 0.3 is 8.60 Å². The van der Waals surface area contributed by atoms with Crippen LogP contribution in [-0.4, -0.2) is 26.4 Å². The van der Waals surface area contributed by atoms with Crippen molar-refractivity contribution in [2.24, 2.45) is 0 Å². The van der Waals surface area contributed by atoms with Crippen molar-refractivity contribution in [3.63, 3.8) is 0 Å². The summed E-state index contributed by atoms with van der Waals surface area (Å²) in [4.78, 5) is 0. The Morgan fingerprint density at radius 2 is 1.61 bits per heavy atom. The van der Waals surface area contributed by atoms with Crippen molar-refractivity contribution in [2.45, 2.75) is 52.1 Å². The lowest BCUT2D eigenvalue weighted by Gasteiger charge is -2.26. The van der Waals surface area contributed by atoms with E-state index in [1.807, 2.05) is 25.1 Å². The predicted molar refractivity (Wildman–Crippen MR) is 116 cm³/mol. The number of rotatable bonds is 12. The van der Waals surface area contributed by atoms with Crippen LogP contribution < -0.4 is 4.52 Å². The molecule has 2 aromatic rings. The topological polar surface area (TPSA) is 36.9 Å². The van der Waals surface area contributed by atoms with Crippen molar-refractivity contribution in [3.05, 3.63) is 65.7 Å². The Labute approximate surface area is 171 Å². The zero-order chi connectivity index (χ0) is 20.4. The first-order valence-electron chi connectivity index (χ1n) is 9.90. The van der Waals surface area contributed by atoms with E-state index >= 15 is 0 Å². The van der Waals surface area contributed by atoms with Crippen LogP contribution in [0.15, 0.2) is 54.6 Å². The third-order valence-corrected chi connectivity index (χ3v) is 5.85. The molecule has 4 nitrogen and oxygen atoms in total. The predicted octanol–water partition coefficient (Wildman–Crippen LogP) is 6.49. The minimum atomic E-state index is -1.46. The lowest BCUT2D eigenvalue weighted by atomic mass is 9.78. The van der Waals surface area contributed by atoms with Crippen molar-refractivity contribution in [3.8, 4) is 5.75 Å². The number of ether oxygens (including phenoxy) is 1. The van der Waals surface area contributed by atoms with Gasteiger partial charge in [0, 0.05) is 19.1 Å². The number of hydrogen-bond acceptors (Lipinski definition) is 4. The Morgan fingerprint density at radius 3 is 2.21 bits per heavy atom. The van der Waals surface area contributed by atoms with Crippen LogP contribution in [0.2, 0.25) is 0 Å². The van der Waals surface area contributed by atoms with Gasteiger partial charge in [0.1, 0.15) is 5.75 Å². The van der Waals surface area contributed by atoms with Crippen molar-refractivity contribution >= 4 is 8.60 Å². The molecular formula is C23H33O4P. The summed E-state index contributed by atoms with van der Waals surface area (Å²) in [7, 11) is 0.140. The van der Waals surface area contributed by atoms with E-state index < -0.39 is 8.60 Å². The van der Waals surface area contributed by atoms with Gasteiger partial charge in [-0.25, -0.2) is 0 Å². The van der Waals surface area contributed by atoms with Crippen LogP contribution in [0, 0.1) is 0 Å². The van der Waals surface area contributed by atoms with Gasteiger partial charge in [0.15, 0.2) is 0 Å². The molecule has 0 spiro atoms. The first-order valence-corrected chi connectivity index (χ1v) is 11.0. The number of benzene rings is 2. The van der Waals surface area contributed by atoms with Gasteiger partial charge in [-0.2, -0.15) is 0 Å². The largest absolute Gasteiger partial charge is 0.427 e. The highest BCUT2D eigenvalue weighted by molar-refractivity contribution is 7.42. The van der Waals surface area contributed by atoms with E-state index in [1.54, 1.807) is 7.11 Å². The van der Waals surface area contributed by atoms with Crippen LogP contribution in [0.1, 0.15) is 51.7 Å². The maximum absolute atomic E-state index is 5.90. The van der Waals surface area contributed by atoms with Gasteiger partial charge in [0.2, 0.25) is 0 Å². The molecule has 0 saturated heterocycles. The molecule has 2 atom stereocenters. The van der Waals surface area contributed by atoms with E-state index in [0.717, 1.165) is 25.2 Å². The maximum Gasteiger partial charge on any atom is 0.397 e. The van der Waals surface area contributed by atoms with Crippen LogP contribution in [0.5, 0.6) is 5.75 Å². The fourth-order valence-corrected chi connectivity index (χ4v) is 3.67. The fourth-order valence-electron chi connectivity index (χ4n) is 2.81. The minimum Gasteiger partial charge on any atom is -0.427 e. The van der Waals surface area contributed by atoms with Gasteiger partial charge in [-0.1, -0.05) is 69.7 Å². The zero-order valence-electron chi connectivity index (χ0n) is 17.7. The maximum atomic E-state index is 5.90. The molecule has 2 aromatic carbocycles. The van der Waals surface area contributed by atoms with E-state index in [4.69, 9.17) is 18.3 Å². The van der Waals surface area contributed by atoms with E-state index in [2.05, 4.69) is 57.2 Å². The summed E-state index contributed by atoms with van der Waals surface area (Å²) in [5.74, 6) is 0.736. The summed E-state index contributed by atoms with van der Waals surface area (Å²) in [6.07, 6.45) is 2.10. The standard InChI is InChI=1S/C23H33O4P/c1-6-7-17-25-18-19(2)26-28(24-5)27-22-15-13-21(14-16-22)23(3,4)20-11-9-8-10-12-20/h8-16,19H,6-7,17-18H2,1-5H3. The Kier molecular flexibility index (Phi) is 9.40. The molecule has 0 aliphatic carbocycles. The Bertz CT molecular complexity index is 673. The van der Waals surface area contributed by atoms with E-state index in [1.165, 1.54) is 11.1 Å². The molecule has 0 aliphatic heterocycles. The van der Waals surface area contributed by atoms with Gasteiger partial charge in [-0.3, -0.25) is 4.52 Å². The SMILES string of the molecule is CCCCOCC(C)OP(OC)Oc1ccc(C(C)(C)c2ccccc2)cc1. The fraction of sp³-hybridized carbons (Fsp3) is 0.478. The summed E-state index contributed by atoms with van der Waals surface area (Å²) >= 11 is 0. The van der Waals surface area contributed by atoms with Gasteiger partial charge < -0.3 is 13.8 Å². The molecule has 5 heteroatoms. The second kappa shape index (κ2) is 11.5. The highest BCUT2D eigenvalue weighted by Gasteiger charge is 2.23. The highest BCUT2D eigenvalue weighted by Crippen LogP contribution is 2.41. The molecule has 0 saturated carbocycles. The molecule has 0 aromatic heterocycles. The molecule has 154 valence electrons. The molecule has 0 amide bonds. The quantitative estimate of drug-likeness (QED) is 0.299. The van der Waals surface area contributed by atoms with E-state index in [9.17, 15) is 0 Å². The number of unbranched alkanes of at least 4 members (excludes halogenated alkanes) is 1. The van der Waals surface area contributed by atoms with Crippen LogP contribution in [0.4, 0.5) is 0 Å². The molecule has 2 rings (SSSR count). The van der Waals surface area contributed by atoms with E-state index in [0.29, 0.717) is 6.61 Å². The molecule has 0 aliphatic rings. The molecule has 0 bridgehead atoms. The second-order valence-corrected chi connectivity index (χ2v) is 8.56. The van der Waals surface area contributed by atoms with Crippen LogP contribution >= 0.6 is 8.60 Å². The van der Waals surface area contributed by atoms with Crippen molar-refractivity contribution in [1.82, 2.24) is 0 Å². The second-order valence-electron chi connectivity index (χ2n) is 7.36. The lowest BCUT2D eigenvalue weighted by Crippen LogP contribution is -2.18. The summed E-state index contributed by atoms with van der Waals surface area (Å²) in [5.41, 5.74) is 2.43. The molecular weight excluding hydrogens is 371 g/mol. The van der Waals surface area contributed by atoms with E-state index in [-0.39, 0.29) is 11.5 Å². The third-order valence-electron chi connectivity index (χ3n) is 4.66. The normalized spacial score (nSPS) is 13.9. The monoisotopic (exact) mass is 404 g/mol. The van der Waals surface area contributed by atoms with Crippen LogP contribution in [0.3, 0.4) is 0 Å².